The van der Waals surface area contributed by atoms with Crippen molar-refractivity contribution in [1.82, 2.24) is 25.3 Å². The van der Waals surface area contributed by atoms with Gasteiger partial charge in [-0.2, -0.15) is 0 Å². The molecule has 39 heavy (non-hydrogen) atoms. The molecule has 5 rings (SSSR count). The summed E-state index contributed by atoms with van der Waals surface area (Å²) in [6.07, 6.45) is 6.34. The first-order valence-corrected chi connectivity index (χ1v) is 13.7. The SMILES string of the molecule is CCc1nocc1C(=O)N[C@H](c1nc2c(F)c(C3=C(C(=O)N(C)C)CCOC3)ccc2[nH]1)C1CCC(C)CC1. The van der Waals surface area contributed by atoms with Crippen LogP contribution >= 0.6 is 0 Å². The van der Waals surface area contributed by atoms with Crippen molar-refractivity contribution < 1.29 is 23.2 Å². The van der Waals surface area contributed by atoms with Gasteiger partial charge in [0.2, 0.25) is 5.91 Å². The van der Waals surface area contributed by atoms with E-state index in [9.17, 15) is 9.59 Å². The number of halogens is 1. The molecule has 0 radical (unpaired) electrons. The van der Waals surface area contributed by atoms with Crippen molar-refractivity contribution in [3.05, 3.63) is 52.4 Å². The molecule has 2 amide bonds. The normalized spacial score (nSPS) is 20.7. The lowest BCUT2D eigenvalue weighted by atomic mass is 9.79. The molecule has 0 unspecified atom stereocenters. The highest BCUT2D eigenvalue weighted by Gasteiger charge is 2.33. The standard InChI is InChI=1S/C29H36FN5O4/c1-5-22-21(15-39-34-22)28(36)33-25(17-8-6-16(2)7-9-17)27-31-23-11-10-18(24(30)26(23)32-27)20-14-38-13-12-19(20)29(37)35(3)4/h10-11,15-17,25H,5-9,12-14H2,1-4H3,(H,31,32)(H,33,36)/t16?,17?,25-/m0/s1. The Morgan fingerprint density at radius 1 is 1.23 bits per heavy atom. The summed E-state index contributed by atoms with van der Waals surface area (Å²) in [5.74, 6) is 0.357. The van der Waals surface area contributed by atoms with E-state index in [1.807, 2.05) is 6.92 Å². The van der Waals surface area contributed by atoms with Crippen LogP contribution in [0.2, 0.25) is 0 Å². The summed E-state index contributed by atoms with van der Waals surface area (Å²) < 4.78 is 26.7. The van der Waals surface area contributed by atoms with Gasteiger partial charge in [0, 0.05) is 31.7 Å². The maximum atomic E-state index is 16.0. The summed E-state index contributed by atoms with van der Waals surface area (Å²) in [4.78, 5) is 35.6. The van der Waals surface area contributed by atoms with E-state index in [2.05, 4.69) is 22.4 Å². The molecule has 0 bridgehead atoms. The lowest BCUT2D eigenvalue weighted by molar-refractivity contribution is -0.125. The number of carbonyl (C=O) groups excluding carboxylic acids is 2. The van der Waals surface area contributed by atoms with Gasteiger partial charge in [-0.1, -0.05) is 31.8 Å². The highest BCUT2D eigenvalue weighted by Crippen LogP contribution is 2.38. The summed E-state index contributed by atoms with van der Waals surface area (Å²) in [5.41, 5.74) is 3.13. The Balaban J connectivity index is 1.53. The Bertz CT molecular complexity index is 1400. The molecule has 1 aromatic carbocycles. The van der Waals surface area contributed by atoms with Crippen molar-refractivity contribution in [3.8, 4) is 0 Å². The molecule has 208 valence electrons. The maximum Gasteiger partial charge on any atom is 0.257 e. The van der Waals surface area contributed by atoms with Gasteiger partial charge in [0.25, 0.3) is 5.91 Å². The van der Waals surface area contributed by atoms with Crippen LogP contribution in [0.1, 0.15) is 79.4 Å². The molecule has 1 aliphatic carbocycles. The first kappa shape index (κ1) is 27.1. The summed E-state index contributed by atoms with van der Waals surface area (Å²) in [6, 6.07) is 3.02. The summed E-state index contributed by atoms with van der Waals surface area (Å²) in [6.45, 7) is 4.73. The van der Waals surface area contributed by atoms with Crippen molar-refractivity contribution in [2.24, 2.45) is 11.8 Å². The predicted molar refractivity (Wildman–Crippen MR) is 144 cm³/mol. The Morgan fingerprint density at radius 2 is 2.00 bits per heavy atom. The number of H-pyrrole nitrogens is 1. The number of amides is 2. The van der Waals surface area contributed by atoms with Crippen molar-refractivity contribution in [2.75, 3.05) is 27.3 Å². The Morgan fingerprint density at radius 3 is 2.72 bits per heavy atom. The number of fused-ring (bicyclic) bond motifs is 1. The van der Waals surface area contributed by atoms with Gasteiger partial charge in [0.1, 0.15) is 23.2 Å². The van der Waals surface area contributed by atoms with E-state index in [-0.39, 0.29) is 29.9 Å². The van der Waals surface area contributed by atoms with Crippen LogP contribution in [0.5, 0.6) is 0 Å². The molecule has 2 aliphatic rings. The smallest absolute Gasteiger partial charge is 0.257 e. The Kier molecular flexibility index (Phi) is 7.83. The van der Waals surface area contributed by atoms with E-state index in [4.69, 9.17) is 14.2 Å². The average molecular weight is 538 g/mol. The topological polar surface area (TPSA) is 113 Å². The largest absolute Gasteiger partial charge is 0.376 e. The van der Waals surface area contributed by atoms with Crippen molar-refractivity contribution in [2.45, 2.75) is 58.4 Å². The zero-order chi connectivity index (χ0) is 27.7. The lowest BCUT2D eigenvalue weighted by Gasteiger charge is -2.32. The molecule has 1 aliphatic heterocycles. The van der Waals surface area contributed by atoms with Gasteiger partial charge in [-0.3, -0.25) is 9.59 Å². The Labute approximate surface area is 227 Å². The maximum absolute atomic E-state index is 16.0. The van der Waals surface area contributed by atoms with Crippen molar-refractivity contribution in [1.29, 1.82) is 0 Å². The van der Waals surface area contributed by atoms with E-state index < -0.39 is 11.9 Å². The van der Waals surface area contributed by atoms with Crippen LogP contribution < -0.4 is 5.32 Å². The van der Waals surface area contributed by atoms with E-state index in [0.29, 0.717) is 64.7 Å². The van der Waals surface area contributed by atoms with Gasteiger partial charge < -0.3 is 24.5 Å². The fourth-order valence-corrected chi connectivity index (χ4v) is 5.72. The van der Waals surface area contributed by atoms with Gasteiger partial charge in [-0.15, -0.1) is 0 Å². The summed E-state index contributed by atoms with van der Waals surface area (Å²) in [7, 11) is 3.37. The van der Waals surface area contributed by atoms with Gasteiger partial charge in [-0.25, -0.2) is 9.37 Å². The van der Waals surface area contributed by atoms with E-state index in [1.165, 1.54) is 11.2 Å². The van der Waals surface area contributed by atoms with E-state index >= 15 is 4.39 Å². The monoisotopic (exact) mass is 537 g/mol. The molecule has 2 aromatic heterocycles. The minimum atomic E-state index is -0.505. The molecule has 1 atom stereocenters. The minimum Gasteiger partial charge on any atom is -0.376 e. The Hall–Kier alpha value is -3.53. The first-order valence-electron chi connectivity index (χ1n) is 13.7. The molecule has 3 heterocycles. The summed E-state index contributed by atoms with van der Waals surface area (Å²) in [5, 5.41) is 7.09. The van der Waals surface area contributed by atoms with Crippen LogP contribution in [0.4, 0.5) is 4.39 Å². The van der Waals surface area contributed by atoms with E-state index in [1.54, 1.807) is 26.2 Å². The fraction of sp³-hybridized carbons (Fsp3) is 0.517. The van der Waals surface area contributed by atoms with Gasteiger partial charge >= 0.3 is 0 Å². The molecule has 1 fully saturated rings. The second kappa shape index (κ2) is 11.3. The number of likely N-dealkylation sites (N-methyl/N-ethyl adjacent to an activating group) is 1. The van der Waals surface area contributed by atoms with Crippen LogP contribution in [0.3, 0.4) is 0 Å². The number of ether oxygens (including phenoxy) is 1. The number of rotatable bonds is 7. The molecule has 3 aromatic rings. The van der Waals surface area contributed by atoms with Crippen molar-refractivity contribution >= 4 is 28.4 Å². The molecular formula is C29H36FN5O4. The molecule has 10 heteroatoms. The highest BCUT2D eigenvalue weighted by atomic mass is 19.1. The minimum absolute atomic E-state index is 0.148. The number of imidazole rings is 1. The van der Waals surface area contributed by atoms with Crippen LogP contribution in [-0.4, -0.2) is 59.1 Å². The van der Waals surface area contributed by atoms with Crippen LogP contribution in [0, 0.1) is 17.7 Å². The highest BCUT2D eigenvalue weighted by molar-refractivity contribution is 6.02. The molecule has 1 saturated carbocycles. The molecule has 9 nitrogen and oxygen atoms in total. The first-order chi connectivity index (χ1) is 18.8. The molecule has 2 N–H and O–H groups in total. The number of carbonyl (C=O) groups is 2. The number of hydrogen-bond donors (Lipinski definition) is 2. The molecule has 0 spiro atoms. The van der Waals surface area contributed by atoms with Crippen LogP contribution in [0.15, 0.2) is 28.5 Å². The lowest BCUT2D eigenvalue weighted by Crippen LogP contribution is -2.36. The predicted octanol–water partition coefficient (Wildman–Crippen LogP) is 4.81. The number of aromatic amines is 1. The number of hydrogen-bond acceptors (Lipinski definition) is 6. The van der Waals surface area contributed by atoms with Crippen molar-refractivity contribution in [3.63, 3.8) is 0 Å². The van der Waals surface area contributed by atoms with Crippen LogP contribution in [-0.2, 0) is 16.0 Å². The van der Waals surface area contributed by atoms with Crippen LogP contribution in [0.25, 0.3) is 16.6 Å². The fourth-order valence-electron chi connectivity index (χ4n) is 5.72. The number of benzene rings is 1. The summed E-state index contributed by atoms with van der Waals surface area (Å²) >= 11 is 0. The van der Waals surface area contributed by atoms with Gasteiger partial charge in [-0.05, 0) is 48.8 Å². The third kappa shape index (κ3) is 5.34. The quantitative estimate of drug-likeness (QED) is 0.447. The van der Waals surface area contributed by atoms with Gasteiger partial charge in [0.15, 0.2) is 5.82 Å². The number of aryl methyl sites for hydroxylation is 1. The third-order valence-corrected chi connectivity index (χ3v) is 8.04. The molecule has 0 saturated heterocycles. The zero-order valence-electron chi connectivity index (χ0n) is 23.0. The molecular weight excluding hydrogens is 501 g/mol. The zero-order valence-corrected chi connectivity index (χ0v) is 23.0. The van der Waals surface area contributed by atoms with E-state index in [0.717, 1.165) is 25.7 Å². The second-order valence-electron chi connectivity index (χ2n) is 10.9. The average Bonchev–Trinajstić information content (AvgIpc) is 3.60. The number of nitrogens with one attached hydrogen (secondary N) is 2. The number of nitrogens with zero attached hydrogens (tertiary/aromatic N) is 3. The van der Waals surface area contributed by atoms with Gasteiger partial charge in [0.05, 0.1) is 30.5 Å². The second-order valence-corrected chi connectivity index (χ2v) is 10.9. The number of aromatic nitrogens is 3. The third-order valence-electron chi connectivity index (χ3n) is 8.04.